The van der Waals surface area contributed by atoms with E-state index in [0.29, 0.717) is 17.1 Å². The molecule has 0 saturated carbocycles. The molecule has 0 spiro atoms. The molecule has 1 aromatic carbocycles. The Balaban J connectivity index is 1.74. The van der Waals surface area contributed by atoms with Crippen LogP contribution in [0.1, 0.15) is 27.4 Å². The van der Waals surface area contributed by atoms with Gasteiger partial charge in [0.15, 0.2) is 0 Å². The molecular weight excluding hydrogens is 294 g/mol. The number of urea groups is 1. The lowest BCUT2D eigenvalue weighted by molar-refractivity contribution is 0.0935. The number of rotatable bonds is 2. The van der Waals surface area contributed by atoms with E-state index in [9.17, 15) is 9.59 Å². The summed E-state index contributed by atoms with van der Waals surface area (Å²) in [6.45, 7) is 3.59. The minimum Gasteiger partial charge on any atom is -0.466 e. The summed E-state index contributed by atoms with van der Waals surface area (Å²) in [5, 5.41) is 2.52. The molecule has 0 aliphatic carbocycles. The van der Waals surface area contributed by atoms with Gasteiger partial charge in [-0.2, -0.15) is 0 Å². The Morgan fingerprint density at radius 1 is 1.13 bits per heavy atom. The van der Waals surface area contributed by atoms with Gasteiger partial charge in [0.2, 0.25) is 0 Å². The fraction of sp³-hybridized carbons (Fsp3) is 0.176. The molecule has 6 nitrogen and oxygen atoms in total. The predicted octanol–water partition coefficient (Wildman–Crippen LogP) is 1.89. The lowest BCUT2D eigenvalue weighted by Gasteiger charge is -2.06. The highest BCUT2D eigenvalue weighted by Crippen LogP contribution is 2.12. The Morgan fingerprint density at radius 3 is 2.52 bits per heavy atom. The number of hydrazine groups is 1. The highest BCUT2D eigenvalue weighted by atomic mass is 16.3. The SMILES string of the molecule is Cc1cc(C(=O)NNC(=O)NCC#Cc2ccccc2)c(C)o1. The predicted molar refractivity (Wildman–Crippen MR) is 85.5 cm³/mol. The van der Waals surface area contributed by atoms with Gasteiger partial charge >= 0.3 is 6.03 Å². The molecule has 0 atom stereocenters. The second-order valence-corrected chi connectivity index (χ2v) is 4.76. The smallest absolute Gasteiger partial charge is 0.334 e. The van der Waals surface area contributed by atoms with Crippen molar-refractivity contribution in [2.45, 2.75) is 13.8 Å². The Labute approximate surface area is 134 Å². The van der Waals surface area contributed by atoms with Gasteiger partial charge in [-0.15, -0.1) is 0 Å². The van der Waals surface area contributed by atoms with Gasteiger partial charge in [0.25, 0.3) is 5.91 Å². The van der Waals surface area contributed by atoms with Crippen molar-refractivity contribution in [2.24, 2.45) is 0 Å². The first-order chi connectivity index (χ1) is 11.1. The van der Waals surface area contributed by atoms with Gasteiger partial charge in [0, 0.05) is 5.56 Å². The zero-order valence-corrected chi connectivity index (χ0v) is 12.9. The quantitative estimate of drug-likeness (QED) is 0.585. The summed E-state index contributed by atoms with van der Waals surface area (Å²) in [6, 6.07) is 10.5. The van der Waals surface area contributed by atoms with Crippen molar-refractivity contribution in [1.82, 2.24) is 16.2 Å². The third-order valence-electron chi connectivity index (χ3n) is 2.92. The fourth-order valence-corrected chi connectivity index (χ4v) is 1.87. The van der Waals surface area contributed by atoms with Crippen molar-refractivity contribution in [3.8, 4) is 11.8 Å². The molecule has 0 unspecified atom stereocenters. The molecule has 3 amide bonds. The molecule has 3 N–H and O–H groups in total. The first-order valence-electron chi connectivity index (χ1n) is 7.01. The number of nitrogens with one attached hydrogen (secondary N) is 3. The molecule has 118 valence electrons. The van der Waals surface area contributed by atoms with Gasteiger partial charge < -0.3 is 9.73 Å². The van der Waals surface area contributed by atoms with E-state index in [1.54, 1.807) is 19.9 Å². The molecule has 0 aliphatic rings. The number of furan rings is 1. The van der Waals surface area contributed by atoms with Gasteiger partial charge in [0.05, 0.1) is 12.1 Å². The highest BCUT2D eigenvalue weighted by Gasteiger charge is 2.13. The summed E-state index contributed by atoms with van der Waals surface area (Å²) >= 11 is 0. The van der Waals surface area contributed by atoms with Crippen LogP contribution in [0.25, 0.3) is 0 Å². The van der Waals surface area contributed by atoms with E-state index in [4.69, 9.17) is 4.42 Å². The normalized spacial score (nSPS) is 9.48. The molecule has 0 fully saturated rings. The van der Waals surface area contributed by atoms with Gasteiger partial charge in [-0.05, 0) is 32.0 Å². The first-order valence-corrected chi connectivity index (χ1v) is 7.01. The summed E-state index contributed by atoms with van der Waals surface area (Å²) < 4.78 is 5.26. The van der Waals surface area contributed by atoms with Crippen LogP contribution >= 0.6 is 0 Å². The summed E-state index contributed by atoms with van der Waals surface area (Å²) in [5.41, 5.74) is 5.81. The molecule has 0 radical (unpaired) electrons. The highest BCUT2D eigenvalue weighted by molar-refractivity contribution is 5.96. The van der Waals surface area contributed by atoms with Crippen molar-refractivity contribution in [1.29, 1.82) is 0 Å². The van der Waals surface area contributed by atoms with Crippen LogP contribution in [0.3, 0.4) is 0 Å². The van der Waals surface area contributed by atoms with Crippen LogP contribution in [-0.2, 0) is 0 Å². The van der Waals surface area contributed by atoms with Crippen molar-refractivity contribution in [3.05, 3.63) is 59.0 Å². The van der Waals surface area contributed by atoms with E-state index in [1.165, 1.54) is 0 Å². The summed E-state index contributed by atoms with van der Waals surface area (Å²) in [5.74, 6) is 6.41. The number of hydrogen-bond acceptors (Lipinski definition) is 3. The second-order valence-electron chi connectivity index (χ2n) is 4.76. The molecule has 23 heavy (non-hydrogen) atoms. The molecule has 1 aromatic heterocycles. The average Bonchev–Trinajstić information content (AvgIpc) is 2.89. The second kappa shape index (κ2) is 7.71. The third-order valence-corrected chi connectivity index (χ3v) is 2.92. The maximum atomic E-state index is 11.9. The summed E-state index contributed by atoms with van der Waals surface area (Å²) in [7, 11) is 0. The minimum atomic E-state index is -0.543. The van der Waals surface area contributed by atoms with Crippen molar-refractivity contribution in [3.63, 3.8) is 0 Å². The van der Waals surface area contributed by atoms with Crippen molar-refractivity contribution in [2.75, 3.05) is 6.54 Å². The van der Waals surface area contributed by atoms with Gasteiger partial charge in [0.1, 0.15) is 11.5 Å². The number of aryl methyl sites for hydroxylation is 2. The summed E-state index contributed by atoms with van der Waals surface area (Å²) in [6.07, 6.45) is 0. The van der Waals surface area contributed by atoms with Crippen LogP contribution < -0.4 is 16.2 Å². The molecule has 0 bridgehead atoms. The van der Waals surface area contributed by atoms with Crippen LogP contribution in [0.5, 0.6) is 0 Å². The first kappa shape index (κ1) is 16.2. The van der Waals surface area contributed by atoms with E-state index in [0.717, 1.165) is 5.56 Å². The van der Waals surface area contributed by atoms with Crippen LogP contribution in [-0.4, -0.2) is 18.5 Å². The Hall–Kier alpha value is -3.20. The zero-order valence-electron chi connectivity index (χ0n) is 12.9. The number of hydrogen-bond donors (Lipinski definition) is 3. The standard InChI is InChI=1S/C17H17N3O3/c1-12-11-15(13(2)23-12)16(21)19-20-17(22)18-10-6-9-14-7-4-3-5-8-14/h3-5,7-8,11H,10H2,1-2H3,(H,19,21)(H2,18,20,22). The molecule has 2 rings (SSSR count). The average molecular weight is 311 g/mol. The minimum absolute atomic E-state index is 0.167. The molecule has 6 heteroatoms. The zero-order chi connectivity index (χ0) is 16.7. The number of carbonyl (C=O) groups excluding carboxylic acids is 2. The van der Waals surface area contributed by atoms with E-state index in [2.05, 4.69) is 28.0 Å². The van der Waals surface area contributed by atoms with Gasteiger partial charge in [-0.1, -0.05) is 30.0 Å². The van der Waals surface area contributed by atoms with E-state index < -0.39 is 11.9 Å². The van der Waals surface area contributed by atoms with E-state index in [-0.39, 0.29) is 6.54 Å². The van der Waals surface area contributed by atoms with Crippen LogP contribution in [0.15, 0.2) is 40.8 Å². The number of amides is 3. The molecular formula is C17H17N3O3. The maximum absolute atomic E-state index is 11.9. The Kier molecular flexibility index (Phi) is 5.42. The monoisotopic (exact) mass is 311 g/mol. The molecule has 1 heterocycles. The van der Waals surface area contributed by atoms with E-state index >= 15 is 0 Å². The lowest BCUT2D eigenvalue weighted by Crippen LogP contribution is -2.47. The van der Waals surface area contributed by atoms with Gasteiger partial charge in [-0.3, -0.25) is 10.2 Å². The van der Waals surface area contributed by atoms with Crippen molar-refractivity contribution < 1.29 is 14.0 Å². The number of benzene rings is 1. The summed E-state index contributed by atoms with van der Waals surface area (Å²) in [4.78, 5) is 23.4. The van der Waals surface area contributed by atoms with Crippen LogP contribution in [0.4, 0.5) is 4.79 Å². The van der Waals surface area contributed by atoms with Gasteiger partial charge in [-0.25, -0.2) is 10.2 Å². The van der Waals surface area contributed by atoms with Crippen LogP contribution in [0.2, 0.25) is 0 Å². The molecule has 0 saturated heterocycles. The lowest BCUT2D eigenvalue weighted by atomic mass is 10.2. The fourth-order valence-electron chi connectivity index (χ4n) is 1.87. The van der Waals surface area contributed by atoms with E-state index in [1.807, 2.05) is 30.3 Å². The largest absolute Gasteiger partial charge is 0.466 e. The van der Waals surface area contributed by atoms with Crippen molar-refractivity contribution >= 4 is 11.9 Å². The maximum Gasteiger partial charge on any atom is 0.334 e. The van der Waals surface area contributed by atoms with Crippen LogP contribution in [0, 0.1) is 25.7 Å². The Morgan fingerprint density at radius 2 is 1.87 bits per heavy atom. The number of carbonyl (C=O) groups is 2. The molecule has 2 aromatic rings. The molecule has 0 aliphatic heterocycles. The topological polar surface area (TPSA) is 83.4 Å². The Bertz CT molecular complexity index is 754. The third kappa shape index (κ3) is 4.93.